The number of thiophene rings is 1. The van der Waals surface area contributed by atoms with E-state index in [1.165, 1.54) is 24.5 Å². The van der Waals surface area contributed by atoms with Gasteiger partial charge in [-0.25, -0.2) is 0 Å². The van der Waals surface area contributed by atoms with E-state index in [2.05, 4.69) is 0 Å². The molecule has 0 atom stereocenters. The van der Waals surface area contributed by atoms with E-state index in [0.29, 0.717) is 53.1 Å². The van der Waals surface area contributed by atoms with Crippen molar-refractivity contribution in [3.8, 4) is 5.75 Å². The second-order valence-corrected chi connectivity index (χ2v) is 6.99. The highest BCUT2D eigenvalue weighted by Crippen LogP contribution is 2.30. The predicted molar refractivity (Wildman–Crippen MR) is 98.5 cm³/mol. The third-order valence-electron chi connectivity index (χ3n) is 4.14. The Balaban J connectivity index is 1.70. The molecule has 2 N–H and O–H groups in total. The number of methoxy groups -OCH3 is 1. The molecule has 3 rings (SSSR count). The molecule has 1 aliphatic rings. The lowest BCUT2D eigenvalue weighted by atomic mass is 10.1. The van der Waals surface area contributed by atoms with E-state index in [-0.39, 0.29) is 11.8 Å². The van der Waals surface area contributed by atoms with E-state index >= 15 is 0 Å². The molecule has 0 radical (unpaired) electrons. The summed E-state index contributed by atoms with van der Waals surface area (Å²) in [6.07, 6.45) is 0. The Morgan fingerprint density at radius 3 is 2.36 bits per heavy atom. The van der Waals surface area contributed by atoms with Crippen molar-refractivity contribution in [1.29, 1.82) is 0 Å². The highest BCUT2D eigenvalue weighted by atomic mass is 35.5. The van der Waals surface area contributed by atoms with E-state index in [9.17, 15) is 9.59 Å². The summed E-state index contributed by atoms with van der Waals surface area (Å²) in [7, 11) is 1.48. The van der Waals surface area contributed by atoms with Gasteiger partial charge in [-0.05, 0) is 17.5 Å². The number of nitrogen functional groups attached to an aromatic ring is 1. The Morgan fingerprint density at radius 1 is 1.16 bits per heavy atom. The number of hydrogen-bond acceptors (Lipinski definition) is 5. The maximum atomic E-state index is 12.8. The largest absolute Gasteiger partial charge is 0.496 e. The highest BCUT2D eigenvalue weighted by molar-refractivity contribution is 7.12. The molecule has 2 amide bonds. The first kappa shape index (κ1) is 17.6. The molecule has 1 aliphatic heterocycles. The first-order valence-corrected chi connectivity index (χ1v) is 9.02. The quantitative estimate of drug-likeness (QED) is 0.831. The maximum Gasteiger partial charge on any atom is 0.264 e. The lowest BCUT2D eigenvalue weighted by molar-refractivity contribution is 0.0536. The Morgan fingerprint density at radius 2 is 1.80 bits per heavy atom. The number of carbonyl (C=O) groups excluding carboxylic acids is 2. The molecular formula is C17H18ClN3O3S. The van der Waals surface area contributed by atoms with Crippen molar-refractivity contribution >= 4 is 40.4 Å². The number of nitrogens with two attached hydrogens (primary N) is 1. The fraction of sp³-hybridized carbons (Fsp3) is 0.294. The van der Waals surface area contributed by atoms with E-state index < -0.39 is 0 Å². The second-order valence-electron chi connectivity index (χ2n) is 5.64. The van der Waals surface area contributed by atoms with Crippen LogP contribution in [0.3, 0.4) is 0 Å². The molecule has 132 valence electrons. The van der Waals surface area contributed by atoms with Gasteiger partial charge in [0.15, 0.2) is 0 Å². The van der Waals surface area contributed by atoms with Crippen LogP contribution < -0.4 is 10.5 Å². The summed E-state index contributed by atoms with van der Waals surface area (Å²) >= 11 is 7.47. The van der Waals surface area contributed by atoms with E-state index in [0.717, 1.165) is 0 Å². The van der Waals surface area contributed by atoms with Gasteiger partial charge in [-0.2, -0.15) is 0 Å². The van der Waals surface area contributed by atoms with E-state index in [1.807, 2.05) is 17.5 Å². The number of benzene rings is 1. The molecule has 0 saturated carbocycles. The first-order chi connectivity index (χ1) is 12.0. The molecule has 1 aromatic heterocycles. The summed E-state index contributed by atoms with van der Waals surface area (Å²) in [5.74, 6) is 0.223. The average Bonchev–Trinajstić information content (AvgIpc) is 3.17. The van der Waals surface area contributed by atoms with E-state index in [1.54, 1.807) is 15.9 Å². The predicted octanol–water partition coefficient (Wildman–Crippen LogP) is 2.59. The van der Waals surface area contributed by atoms with Crippen LogP contribution in [0, 0.1) is 0 Å². The number of halogens is 1. The van der Waals surface area contributed by atoms with Gasteiger partial charge in [0, 0.05) is 32.2 Å². The number of piperazine rings is 1. The smallest absolute Gasteiger partial charge is 0.264 e. The topological polar surface area (TPSA) is 75.9 Å². The zero-order valence-electron chi connectivity index (χ0n) is 13.7. The molecule has 2 heterocycles. The van der Waals surface area contributed by atoms with Gasteiger partial charge < -0.3 is 20.3 Å². The van der Waals surface area contributed by atoms with Crippen LogP contribution >= 0.6 is 22.9 Å². The van der Waals surface area contributed by atoms with Crippen LogP contribution in [0.1, 0.15) is 20.0 Å². The van der Waals surface area contributed by atoms with Gasteiger partial charge in [0.05, 0.1) is 28.3 Å². The first-order valence-electron chi connectivity index (χ1n) is 7.76. The summed E-state index contributed by atoms with van der Waals surface area (Å²) in [6.45, 7) is 1.91. The fourth-order valence-corrected chi connectivity index (χ4v) is 3.60. The molecule has 25 heavy (non-hydrogen) atoms. The fourth-order valence-electron chi connectivity index (χ4n) is 2.74. The minimum Gasteiger partial charge on any atom is -0.496 e. The van der Waals surface area contributed by atoms with Gasteiger partial charge >= 0.3 is 0 Å². The lowest BCUT2D eigenvalue weighted by Gasteiger charge is -2.34. The number of amides is 2. The molecule has 0 bridgehead atoms. The molecule has 1 saturated heterocycles. The van der Waals surface area contributed by atoms with Crippen molar-refractivity contribution in [3.05, 3.63) is 45.1 Å². The van der Waals surface area contributed by atoms with Gasteiger partial charge in [0.25, 0.3) is 11.8 Å². The number of anilines is 1. The van der Waals surface area contributed by atoms with Gasteiger partial charge in [0.2, 0.25) is 0 Å². The normalized spacial score (nSPS) is 14.5. The van der Waals surface area contributed by atoms with Crippen molar-refractivity contribution < 1.29 is 14.3 Å². The van der Waals surface area contributed by atoms with Crippen molar-refractivity contribution in [3.63, 3.8) is 0 Å². The van der Waals surface area contributed by atoms with Gasteiger partial charge in [-0.15, -0.1) is 11.3 Å². The van der Waals surface area contributed by atoms with Crippen LogP contribution in [0.4, 0.5) is 5.69 Å². The average molecular weight is 380 g/mol. The molecule has 1 fully saturated rings. The SMILES string of the molecule is COc1cc(N)c(Cl)cc1C(=O)N1CCN(C(=O)c2cccs2)CC1. The molecule has 0 unspecified atom stereocenters. The Labute approximate surface area is 154 Å². The lowest BCUT2D eigenvalue weighted by Crippen LogP contribution is -2.50. The molecular weight excluding hydrogens is 362 g/mol. The Bertz CT molecular complexity index is 787. The number of hydrogen-bond donors (Lipinski definition) is 1. The Kier molecular flexibility index (Phi) is 5.15. The van der Waals surface area contributed by atoms with Gasteiger partial charge in [-0.3, -0.25) is 9.59 Å². The third-order valence-corrected chi connectivity index (χ3v) is 5.32. The van der Waals surface area contributed by atoms with Crippen LogP contribution in [0.25, 0.3) is 0 Å². The van der Waals surface area contributed by atoms with Crippen LogP contribution in [0.2, 0.25) is 5.02 Å². The second kappa shape index (κ2) is 7.33. The summed E-state index contributed by atoms with van der Waals surface area (Å²) in [6, 6.07) is 6.74. The molecule has 6 nitrogen and oxygen atoms in total. The zero-order valence-corrected chi connectivity index (χ0v) is 15.3. The monoisotopic (exact) mass is 379 g/mol. The minimum atomic E-state index is -0.179. The standard InChI is InChI=1S/C17H18ClN3O3S/c1-24-14-10-13(19)12(18)9-11(14)16(22)20-4-6-21(7-5-20)17(23)15-3-2-8-25-15/h2-3,8-10H,4-7,19H2,1H3. The maximum absolute atomic E-state index is 12.8. The number of carbonyl (C=O) groups is 2. The van der Waals surface area contributed by atoms with E-state index in [4.69, 9.17) is 22.1 Å². The Hall–Kier alpha value is -2.25. The summed E-state index contributed by atoms with van der Waals surface area (Å²) in [4.78, 5) is 29.3. The summed E-state index contributed by atoms with van der Waals surface area (Å²) in [5, 5.41) is 2.19. The van der Waals surface area contributed by atoms with Crippen LogP contribution in [-0.2, 0) is 0 Å². The van der Waals surface area contributed by atoms with Crippen LogP contribution in [0.5, 0.6) is 5.75 Å². The van der Waals surface area contributed by atoms with Crippen LogP contribution in [-0.4, -0.2) is 54.9 Å². The third kappa shape index (κ3) is 3.57. The molecule has 1 aromatic carbocycles. The minimum absolute atomic E-state index is 0.00945. The molecule has 0 spiro atoms. The highest BCUT2D eigenvalue weighted by Gasteiger charge is 2.27. The number of ether oxygens (including phenoxy) is 1. The number of nitrogens with zero attached hydrogens (tertiary/aromatic N) is 2. The van der Waals surface area contributed by atoms with Crippen molar-refractivity contribution in [2.45, 2.75) is 0 Å². The van der Waals surface area contributed by atoms with Crippen LogP contribution in [0.15, 0.2) is 29.6 Å². The molecule has 0 aliphatic carbocycles. The van der Waals surface area contributed by atoms with Crippen molar-refractivity contribution in [2.24, 2.45) is 0 Å². The zero-order chi connectivity index (χ0) is 18.0. The molecule has 8 heteroatoms. The van der Waals surface area contributed by atoms with Crippen molar-refractivity contribution in [2.75, 3.05) is 39.0 Å². The van der Waals surface area contributed by atoms with Crippen molar-refractivity contribution in [1.82, 2.24) is 9.80 Å². The summed E-state index contributed by atoms with van der Waals surface area (Å²) < 4.78 is 5.25. The van der Waals surface area contributed by atoms with Gasteiger partial charge in [0.1, 0.15) is 5.75 Å². The summed E-state index contributed by atoms with van der Waals surface area (Å²) in [5.41, 5.74) is 6.50. The molecule has 2 aromatic rings. The number of rotatable bonds is 3. The van der Waals surface area contributed by atoms with Gasteiger partial charge in [-0.1, -0.05) is 17.7 Å².